The van der Waals surface area contributed by atoms with Gasteiger partial charge in [-0.1, -0.05) is 24.3 Å². The molecule has 0 saturated carbocycles. The van der Waals surface area contributed by atoms with E-state index >= 15 is 0 Å². The molecule has 4 rings (SSSR count). The van der Waals surface area contributed by atoms with E-state index in [1.54, 1.807) is 4.90 Å². The van der Waals surface area contributed by atoms with Crippen LogP contribution in [0.2, 0.25) is 0 Å². The molecule has 1 aliphatic heterocycles. The largest absolute Gasteiger partial charge is 0.454 e. The Balaban J connectivity index is 1.50. The second-order valence-electron chi connectivity index (χ2n) is 9.03. The SMILES string of the molecule is Cc1ccc(CN2CCN(c3nc(Nc4cccc(C(F)(F)F)c4)nc(OCC(F)(F)F)n3)CC2)cc1C. The van der Waals surface area contributed by atoms with Crippen LogP contribution in [0.25, 0.3) is 0 Å². The van der Waals surface area contributed by atoms with Crippen molar-refractivity contribution in [3.63, 3.8) is 0 Å². The third kappa shape index (κ3) is 7.46. The lowest BCUT2D eigenvalue weighted by Crippen LogP contribution is -2.46. The highest BCUT2D eigenvalue weighted by atomic mass is 19.4. The fourth-order valence-electron chi connectivity index (χ4n) is 3.92. The third-order valence-corrected chi connectivity index (χ3v) is 6.05. The van der Waals surface area contributed by atoms with Gasteiger partial charge in [-0.3, -0.25) is 4.90 Å². The van der Waals surface area contributed by atoms with Crippen molar-refractivity contribution in [1.29, 1.82) is 0 Å². The quantitative estimate of drug-likeness (QED) is 0.396. The molecule has 0 radical (unpaired) electrons. The van der Waals surface area contributed by atoms with E-state index in [0.717, 1.165) is 18.7 Å². The number of rotatable bonds is 7. The first kappa shape index (κ1) is 27.4. The fourth-order valence-corrected chi connectivity index (χ4v) is 3.92. The van der Waals surface area contributed by atoms with Crippen LogP contribution in [0, 0.1) is 13.8 Å². The van der Waals surface area contributed by atoms with Crippen molar-refractivity contribution in [3.8, 4) is 6.01 Å². The molecule has 2 heterocycles. The minimum absolute atomic E-state index is 0.0111. The molecule has 1 aromatic heterocycles. The maximum absolute atomic E-state index is 13.1. The summed E-state index contributed by atoms with van der Waals surface area (Å²) in [6, 6.07) is 10.0. The van der Waals surface area contributed by atoms with Crippen LogP contribution >= 0.6 is 0 Å². The number of hydrogen-bond acceptors (Lipinski definition) is 7. The van der Waals surface area contributed by atoms with E-state index in [0.29, 0.717) is 26.2 Å². The van der Waals surface area contributed by atoms with Gasteiger partial charge in [-0.2, -0.15) is 41.3 Å². The van der Waals surface area contributed by atoms with Gasteiger partial charge < -0.3 is 15.0 Å². The molecular weight excluding hydrogens is 514 g/mol. The molecule has 3 aromatic rings. The zero-order valence-electron chi connectivity index (χ0n) is 20.7. The maximum atomic E-state index is 13.1. The molecule has 38 heavy (non-hydrogen) atoms. The maximum Gasteiger partial charge on any atom is 0.422 e. The fraction of sp³-hybridized carbons (Fsp3) is 0.400. The average Bonchev–Trinajstić information content (AvgIpc) is 2.85. The highest BCUT2D eigenvalue weighted by Crippen LogP contribution is 2.31. The molecule has 0 atom stereocenters. The molecule has 204 valence electrons. The van der Waals surface area contributed by atoms with Gasteiger partial charge in [0.1, 0.15) is 0 Å². The summed E-state index contributed by atoms with van der Waals surface area (Å²) < 4.78 is 82.2. The summed E-state index contributed by atoms with van der Waals surface area (Å²) in [5.41, 5.74) is 2.71. The normalized spacial score (nSPS) is 15.0. The Bertz CT molecular complexity index is 1260. The molecule has 7 nitrogen and oxygen atoms in total. The molecule has 1 fully saturated rings. The molecule has 0 unspecified atom stereocenters. The summed E-state index contributed by atoms with van der Waals surface area (Å²) in [6.45, 7) is 5.49. The second kappa shape index (κ2) is 11.0. The second-order valence-corrected chi connectivity index (χ2v) is 9.03. The first-order valence-corrected chi connectivity index (χ1v) is 11.8. The Kier molecular flexibility index (Phi) is 7.95. The number of aromatic nitrogens is 3. The van der Waals surface area contributed by atoms with Gasteiger partial charge in [0.25, 0.3) is 0 Å². The highest BCUT2D eigenvalue weighted by Gasteiger charge is 2.31. The smallest absolute Gasteiger partial charge is 0.422 e. The van der Waals surface area contributed by atoms with Crippen molar-refractivity contribution in [2.75, 3.05) is 43.0 Å². The van der Waals surface area contributed by atoms with Crippen LogP contribution in [0.3, 0.4) is 0 Å². The Labute approximate surface area is 215 Å². The average molecular weight is 541 g/mol. The molecule has 13 heteroatoms. The lowest BCUT2D eigenvalue weighted by atomic mass is 10.1. The van der Waals surface area contributed by atoms with E-state index in [2.05, 4.69) is 57.2 Å². The first-order chi connectivity index (χ1) is 17.9. The van der Waals surface area contributed by atoms with Crippen molar-refractivity contribution in [2.45, 2.75) is 32.7 Å². The van der Waals surface area contributed by atoms with Crippen LogP contribution in [0.4, 0.5) is 43.9 Å². The van der Waals surface area contributed by atoms with Gasteiger partial charge in [0.05, 0.1) is 5.56 Å². The van der Waals surface area contributed by atoms with E-state index in [1.807, 2.05) is 0 Å². The van der Waals surface area contributed by atoms with Crippen LogP contribution < -0.4 is 15.0 Å². The summed E-state index contributed by atoms with van der Waals surface area (Å²) in [5.74, 6) is -0.165. The van der Waals surface area contributed by atoms with Gasteiger partial charge in [-0.25, -0.2) is 0 Å². The number of alkyl halides is 6. The molecule has 0 spiro atoms. The van der Waals surface area contributed by atoms with E-state index < -0.39 is 30.5 Å². The monoisotopic (exact) mass is 540 g/mol. The number of benzene rings is 2. The molecule has 0 bridgehead atoms. The van der Waals surface area contributed by atoms with E-state index in [4.69, 9.17) is 4.74 Å². The van der Waals surface area contributed by atoms with Gasteiger partial charge in [0, 0.05) is 38.4 Å². The third-order valence-electron chi connectivity index (χ3n) is 6.05. The van der Waals surface area contributed by atoms with Gasteiger partial charge >= 0.3 is 18.4 Å². The highest BCUT2D eigenvalue weighted by molar-refractivity contribution is 5.56. The van der Waals surface area contributed by atoms with Crippen LogP contribution in [0.1, 0.15) is 22.3 Å². The van der Waals surface area contributed by atoms with E-state index in [1.165, 1.54) is 28.8 Å². The standard InChI is InChI=1S/C25H26F6N6O/c1-16-6-7-18(12-17(16)2)14-36-8-10-37(11-9-36)22-33-21(34-23(35-22)38-15-24(26,27)28)32-20-5-3-4-19(13-20)25(29,30)31/h3-7,12-13H,8-11,14-15H2,1-2H3,(H,32,33,34,35). The summed E-state index contributed by atoms with van der Waals surface area (Å²) >= 11 is 0. The minimum atomic E-state index is -4.62. The van der Waals surface area contributed by atoms with Crippen molar-refractivity contribution in [1.82, 2.24) is 19.9 Å². The van der Waals surface area contributed by atoms with Crippen LogP contribution in [0.5, 0.6) is 6.01 Å². The van der Waals surface area contributed by atoms with E-state index in [9.17, 15) is 26.3 Å². The summed E-state index contributed by atoms with van der Waals surface area (Å²) in [6.07, 6.45) is -9.19. The van der Waals surface area contributed by atoms with Crippen LogP contribution in [-0.2, 0) is 12.7 Å². The predicted molar refractivity (Wildman–Crippen MR) is 130 cm³/mol. The van der Waals surface area contributed by atoms with Gasteiger partial charge in [0.2, 0.25) is 11.9 Å². The van der Waals surface area contributed by atoms with Gasteiger partial charge in [-0.05, 0) is 48.7 Å². The number of nitrogens with one attached hydrogen (secondary N) is 1. The minimum Gasteiger partial charge on any atom is -0.454 e. The van der Waals surface area contributed by atoms with E-state index in [-0.39, 0.29) is 17.6 Å². The van der Waals surface area contributed by atoms with Gasteiger partial charge in [0.15, 0.2) is 6.61 Å². The Hall–Kier alpha value is -3.61. The van der Waals surface area contributed by atoms with Crippen molar-refractivity contribution in [3.05, 3.63) is 64.7 Å². The van der Waals surface area contributed by atoms with Crippen molar-refractivity contribution >= 4 is 17.6 Å². The number of hydrogen-bond donors (Lipinski definition) is 1. The summed E-state index contributed by atoms with van der Waals surface area (Å²) in [4.78, 5) is 16.1. The summed E-state index contributed by atoms with van der Waals surface area (Å²) in [7, 11) is 0. The number of nitrogens with zero attached hydrogens (tertiary/aromatic N) is 5. The lowest BCUT2D eigenvalue weighted by molar-refractivity contribution is -0.154. The van der Waals surface area contributed by atoms with Crippen molar-refractivity contribution < 1.29 is 31.1 Å². The molecule has 0 amide bonds. The Morgan fingerprint density at radius 1 is 0.868 bits per heavy atom. The van der Waals surface area contributed by atoms with Crippen LogP contribution in [-0.4, -0.2) is 58.8 Å². The Morgan fingerprint density at radius 3 is 2.26 bits per heavy atom. The number of piperazine rings is 1. The number of halogens is 6. The van der Waals surface area contributed by atoms with Crippen LogP contribution in [0.15, 0.2) is 42.5 Å². The molecule has 1 saturated heterocycles. The first-order valence-electron chi connectivity index (χ1n) is 11.8. The van der Waals surface area contributed by atoms with Crippen molar-refractivity contribution in [2.24, 2.45) is 0 Å². The Morgan fingerprint density at radius 2 is 1.61 bits per heavy atom. The molecule has 1 aliphatic rings. The summed E-state index contributed by atoms with van der Waals surface area (Å²) in [5, 5.41) is 2.62. The zero-order chi connectivity index (χ0) is 27.5. The molecule has 0 aliphatic carbocycles. The number of anilines is 3. The number of aryl methyl sites for hydroxylation is 2. The number of ether oxygens (including phenoxy) is 1. The zero-order valence-corrected chi connectivity index (χ0v) is 20.7. The molecular formula is C25H26F6N6O. The van der Waals surface area contributed by atoms with Gasteiger partial charge in [-0.15, -0.1) is 0 Å². The predicted octanol–water partition coefficient (Wildman–Crippen LogP) is 5.51. The molecule has 1 N–H and O–H groups in total. The molecule has 2 aromatic carbocycles. The topological polar surface area (TPSA) is 66.4 Å². The lowest BCUT2D eigenvalue weighted by Gasteiger charge is -2.34.